The highest BCUT2D eigenvalue weighted by Gasteiger charge is 2.28. The largest absolute Gasteiger partial charge is 0.489 e. The van der Waals surface area contributed by atoms with Gasteiger partial charge in [-0.25, -0.2) is 8.42 Å². The molecule has 0 fully saturated rings. The van der Waals surface area contributed by atoms with Gasteiger partial charge in [-0.3, -0.25) is 0 Å². The highest BCUT2D eigenvalue weighted by Crippen LogP contribution is 2.29. The average molecular weight is 408 g/mol. The van der Waals surface area contributed by atoms with Crippen molar-refractivity contribution in [2.24, 2.45) is 0 Å². The second-order valence-corrected chi connectivity index (χ2v) is 9.29. The van der Waals surface area contributed by atoms with E-state index in [1.165, 1.54) is 6.07 Å². The molecule has 0 saturated heterocycles. The maximum absolute atomic E-state index is 12.0. The summed E-state index contributed by atoms with van der Waals surface area (Å²) in [4.78, 5) is 0. The van der Waals surface area contributed by atoms with E-state index in [0.717, 1.165) is 0 Å². The summed E-state index contributed by atoms with van der Waals surface area (Å²) in [6.45, 7) is 5.00. The molecule has 110 valence electrons. The van der Waals surface area contributed by atoms with Crippen LogP contribution in [0, 0.1) is 14.9 Å². The number of halogens is 1. The Hall–Kier alpha value is -1.01. The molecule has 0 bridgehead atoms. The van der Waals surface area contributed by atoms with Crippen molar-refractivity contribution in [3.05, 3.63) is 21.3 Å². The first kappa shape index (κ1) is 17.0. The predicted molar refractivity (Wildman–Crippen MR) is 87.3 cm³/mol. The first-order valence-electron chi connectivity index (χ1n) is 5.92. The molecule has 0 spiro atoms. The second kappa shape index (κ2) is 6.18. The zero-order valence-corrected chi connectivity index (χ0v) is 14.6. The molecule has 0 aromatic heterocycles. The third-order valence-corrected chi connectivity index (χ3v) is 6.10. The van der Waals surface area contributed by atoms with Crippen molar-refractivity contribution < 1.29 is 13.2 Å². The summed E-state index contributed by atoms with van der Waals surface area (Å²) in [5, 5.41) is 8.82. The van der Waals surface area contributed by atoms with Gasteiger partial charge in [0, 0.05) is 0 Å². The van der Waals surface area contributed by atoms with Crippen LogP contribution in [-0.4, -0.2) is 25.5 Å². The Balaban J connectivity index is 2.81. The summed E-state index contributed by atoms with van der Waals surface area (Å²) in [5.74, 6) is 0.347. The van der Waals surface area contributed by atoms with E-state index >= 15 is 0 Å². The number of ether oxygens (including phenoxy) is 1. The second-order valence-electron chi connectivity index (χ2n) is 5.27. The van der Waals surface area contributed by atoms with Crippen molar-refractivity contribution in [3.8, 4) is 11.8 Å². The van der Waals surface area contributed by atoms with E-state index in [0.29, 0.717) is 20.6 Å². The molecular formula is C13H17IN2O3S. The summed E-state index contributed by atoms with van der Waals surface area (Å²) >= 11 is 2.01. The molecule has 0 heterocycles. The van der Waals surface area contributed by atoms with Crippen LogP contribution >= 0.6 is 22.6 Å². The lowest BCUT2D eigenvalue weighted by Gasteiger charge is -2.19. The van der Waals surface area contributed by atoms with Crippen LogP contribution in [0.5, 0.6) is 5.75 Å². The fourth-order valence-corrected chi connectivity index (χ4v) is 3.11. The molecule has 0 unspecified atom stereocenters. The van der Waals surface area contributed by atoms with Gasteiger partial charge in [0.2, 0.25) is 0 Å². The van der Waals surface area contributed by atoms with Crippen LogP contribution in [0.2, 0.25) is 0 Å². The van der Waals surface area contributed by atoms with E-state index in [1.54, 1.807) is 26.8 Å². The summed E-state index contributed by atoms with van der Waals surface area (Å²) in [6, 6.07) is 5.15. The molecule has 0 atom stereocenters. The minimum absolute atomic E-state index is 0.0334. The van der Waals surface area contributed by atoms with E-state index in [-0.39, 0.29) is 12.4 Å². The quantitative estimate of drug-likeness (QED) is 0.610. The van der Waals surface area contributed by atoms with Gasteiger partial charge in [-0.05, 0) is 55.5 Å². The lowest BCUT2D eigenvalue weighted by Crippen LogP contribution is -2.32. The van der Waals surface area contributed by atoms with Crippen LogP contribution in [0.3, 0.4) is 0 Å². The topological polar surface area (TPSA) is 93.2 Å². The number of nitriles is 1. The molecule has 2 N–H and O–H groups in total. The zero-order chi connectivity index (χ0) is 15.6. The standard InChI is InChI=1S/C13H17IN2O3S/c1-13(2,3)20(17,18)5-4-19-12-10(14)6-9(8-15)7-11(12)16/h6-7H,4-5,16H2,1-3H3. The molecule has 0 aliphatic rings. The van der Waals surface area contributed by atoms with Gasteiger partial charge < -0.3 is 10.5 Å². The van der Waals surface area contributed by atoms with E-state index in [1.807, 2.05) is 28.7 Å². The van der Waals surface area contributed by atoms with Crippen LogP contribution in [0.15, 0.2) is 12.1 Å². The van der Waals surface area contributed by atoms with Gasteiger partial charge in [0.15, 0.2) is 15.6 Å². The number of nitrogens with two attached hydrogens (primary N) is 1. The fourth-order valence-electron chi connectivity index (χ4n) is 1.39. The zero-order valence-electron chi connectivity index (χ0n) is 11.6. The van der Waals surface area contributed by atoms with Gasteiger partial charge in [0.1, 0.15) is 6.61 Å². The number of benzene rings is 1. The Morgan fingerprint density at radius 2 is 2.00 bits per heavy atom. The smallest absolute Gasteiger partial charge is 0.158 e. The average Bonchev–Trinajstić information content (AvgIpc) is 2.30. The number of nitrogens with zero attached hydrogens (tertiary/aromatic N) is 1. The van der Waals surface area contributed by atoms with Crippen LogP contribution in [0.25, 0.3) is 0 Å². The lowest BCUT2D eigenvalue weighted by molar-refractivity contribution is 0.339. The van der Waals surface area contributed by atoms with Gasteiger partial charge in [0.25, 0.3) is 0 Å². The van der Waals surface area contributed by atoms with Gasteiger partial charge >= 0.3 is 0 Å². The molecule has 7 heteroatoms. The number of sulfone groups is 1. The predicted octanol–water partition coefficient (Wildman–Crippen LogP) is 2.34. The van der Waals surface area contributed by atoms with Gasteiger partial charge in [-0.15, -0.1) is 0 Å². The highest BCUT2D eigenvalue weighted by atomic mass is 127. The van der Waals surface area contributed by atoms with Gasteiger partial charge in [-0.1, -0.05) is 0 Å². The van der Waals surface area contributed by atoms with E-state index in [4.69, 9.17) is 15.7 Å². The Labute approximate surface area is 133 Å². The number of rotatable bonds is 4. The molecule has 1 aromatic rings. The molecule has 1 aromatic carbocycles. The minimum Gasteiger partial charge on any atom is -0.489 e. The molecule has 0 amide bonds. The molecule has 20 heavy (non-hydrogen) atoms. The van der Waals surface area contributed by atoms with Crippen molar-refractivity contribution in [3.63, 3.8) is 0 Å². The highest BCUT2D eigenvalue weighted by molar-refractivity contribution is 14.1. The van der Waals surface area contributed by atoms with Crippen molar-refractivity contribution in [1.29, 1.82) is 5.26 Å². The molecule has 0 aliphatic carbocycles. The first-order chi connectivity index (χ1) is 9.08. The summed E-state index contributed by atoms with van der Waals surface area (Å²) < 4.78 is 29.3. The van der Waals surface area contributed by atoms with Crippen molar-refractivity contribution in [2.45, 2.75) is 25.5 Å². The molecule has 0 radical (unpaired) electrons. The summed E-state index contributed by atoms with van der Waals surface area (Å²) in [5.41, 5.74) is 6.58. The molecule has 1 rings (SSSR count). The van der Waals surface area contributed by atoms with Crippen molar-refractivity contribution in [1.82, 2.24) is 0 Å². The lowest BCUT2D eigenvalue weighted by atomic mass is 10.2. The molecule has 0 saturated carbocycles. The van der Waals surface area contributed by atoms with E-state index in [2.05, 4.69) is 0 Å². The third kappa shape index (κ3) is 3.99. The Kier molecular flexibility index (Phi) is 5.27. The molecule has 0 aliphatic heterocycles. The maximum Gasteiger partial charge on any atom is 0.158 e. The first-order valence-corrected chi connectivity index (χ1v) is 8.66. The van der Waals surface area contributed by atoms with Crippen LogP contribution in [0.4, 0.5) is 5.69 Å². The van der Waals surface area contributed by atoms with Crippen LogP contribution in [-0.2, 0) is 9.84 Å². The third-order valence-electron chi connectivity index (χ3n) is 2.73. The van der Waals surface area contributed by atoms with Crippen LogP contribution < -0.4 is 10.5 Å². The number of nitrogen functional groups attached to an aromatic ring is 1. The monoisotopic (exact) mass is 408 g/mol. The summed E-state index contributed by atoms with van der Waals surface area (Å²) in [7, 11) is -3.23. The Morgan fingerprint density at radius 3 is 2.45 bits per heavy atom. The Morgan fingerprint density at radius 1 is 1.40 bits per heavy atom. The van der Waals surface area contributed by atoms with Gasteiger partial charge in [-0.2, -0.15) is 5.26 Å². The number of hydrogen-bond acceptors (Lipinski definition) is 5. The summed E-state index contributed by atoms with van der Waals surface area (Å²) in [6.07, 6.45) is 0. The van der Waals surface area contributed by atoms with E-state index in [9.17, 15) is 8.42 Å². The van der Waals surface area contributed by atoms with Gasteiger partial charge in [0.05, 0.1) is 31.4 Å². The Bertz CT molecular complexity index is 620. The van der Waals surface area contributed by atoms with E-state index < -0.39 is 14.6 Å². The fraction of sp³-hybridized carbons (Fsp3) is 0.462. The minimum atomic E-state index is -3.23. The van der Waals surface area contributed by atoms with Crippen molar-refractivity contribution in [2.75, 3.05) is 18.1 Å². The normalized spacial score (nSPS) is 11.9. The molecule has 5 nitrogen and oxygen atoms in total. The number of anilines is 1. The van der Waals surface area contributed by atoms with Crippen LogP contribution in [0.1, 0.15) is 26.3 Å². The maximum atomic E-state index is 12.0. The number of hydrogen-bond donors (Lipinski definition) is 1. The SMILES string of the molecule is CC(C)(C)S(=O)(=O)CCOc1c(N)cc(C#N)cc1I. The van der Waals surface area contributed by atoms with Crippen molar-refractivity contribution >= 4 is 38.1 Å². The molecular weight excluding hydrogens is 391 g/mol.